The molecule has 0 unspecified atom stereocenters. The van der Waals surface area contributed by atoms with E-state index in [-0.39, 0.29) is 5.91 Å². The first kappa shape index (κ1) is 15.5. The summed E-state index contributed by atoms with van der Waals surface area (Å²) < 4.78 is 5.44. The van der Waals surface area contributed by atoms with E-state index in [0.29, 0.717) is 5.92 Å². The number of nitrogens with zero attached hydrogens (tertiary/aromatic N) is 1. The van der Waals surface area contributed by atoms with E-state index in [1.807, 2.05) is 7.05 Å². The van der Waals surface area contributed by atoms with Crippen LogP contribution >= 0.6 is 0 Å². The Labute approximate surface area is 116 Å². The van der Waals surface area contributed by atoms with Crippen LogP contribution in [0.5, 0.6) is 5.75 Å². The van der Waals surface area contributed by atoms with Gasteiger partial charge < -0.3 is 9.64 Å². The van der Waals surface area contributed by atoms with E-state index in [1.165, 1.54) is 16.7 Å². The monoisotopic (exact) mass is 263 g/mol. The summed E-state index contributed by atoms with van der Waals surface area (Å²) in [7, 11) is 3.55. The Kier molecular flexibility index (Phi) is 5.40. The van der Waals surface area contributed by atoms with Crippen molar-refractivity contribution in [2.24, 2.45) is 0 Å². The summed E-state index contributed by atoms with van der Waals surface area (Å²) in [6, 6.07) is 4.31. The van der Waals surface area contributed by atoms with Crippen molar-refractivity contribution in [2.75, 3.05) is 20.7 Å². The largest absolute Gasteiger partial charge is 0.496 e. The van der Waals surface area contributed by atoms with Crippen molar-refractivity contribution in [3.8, 4) is 5.75 Å². The molecule has 0 saturated carbocycles. The summed E-state index contributed by atoms with van der Waals surface area (Å²) in [5.41, 5.74) is 3.74. The molecule has 0 fully saturated rings. The molecule has 106 valence electrons. The minimum atomic E-state index is 0.107. The Hall–Kier alpha value is -1.51. The van der Waals surface area contributed by atoms with Crippen molar-refractivity contribution in [1.29, 1.82) is 0 Å². The molecule has 1 amide bonds. The van der Waals surface area contributed by atoms with Gasteiger partial charge in [0.2, 0.25) is 5.91 Å². The third-order valence-corrected chi connectivity index (χ3v) is 3.56. The lowest BCUT2D eigenvalue weighted by Crippen LogP contribution is -2.26. The maximum Gasteiger partial charge on any atom is 0.219 e. The van der Waals surface area contributed by atoms with Gasteiger partial charge in [-0.2, -0.15) is 0 Å². The third-order valence-electron chi connectivity index (χ3n) is 3.56. The molecule has 19 heavy (non-hydrogen) atoms. The lowest BCUT2D eigenvalue weighted by molar-refractivity contribution is -0.127. The van der Waals surface area contributed by atoms with Gasteiger partial charge in [0.1, 0.15) is 5.75 Å². The van der Waals surface area contributed by atoms with E-state index in [0.717, 1.165) is 18.7 Å². The maximum atomic E-state index is 11.2. The quantitative estimate of drug-likeness (QED) is 0.816. The Balaban J connectivity index is 2.95. The topological polar surface area (TPSA) is 29.5 Å². The number of aryl methyl sites for hydroxylation is 1. The van der Waals surface area contributed by atoms with Crippen molar-refractivity contribution in [1.82, 2.24) is 4.90 Å². The zero-order valence-electron chi connectivity index (χ0n) is 12.9. The number of rotatable bonds is 5. The number of amides is 1. The van der Waals surface area contributed by atoms with Crippen molar-refractivity contribution in [3.63, 3.8) is 0 Å². The Bertz CT molecular complexity index is 452. The Morgan fingerprint density at radius 2 is 2.00 bits per heavy atom. The van der Waals surface area contributed by atoms with E-state index in [9.17, 15) is 4.79 Å². The number of ether oxygens (including phenoxy) is 1. The smallest absolute Gasteiger partial charge is 0.219 e. The molecule has 0 aliphatic heterocycles. The van der Waals surface area contributed by atoms with Crippen LogP contribution in [0, 0.1) is 6.92 Å². The molecule has 0 aliphatic carbocycles. The minimum Gasteiger partial charge on any atom is -0.496 e. The maximum absolute atomic E-state index is 11.2. The predicted molar refractivity (Wildman–Crippen MR) is 78.8 cm³/mol. The van der Waals surface area contributed by atoms with Crippen LogP contribution in [0.3, 0.4) is 0 Å². The molecule has 0 bridgehead atoms. The molecule has 1 aromatic rings. The standard InChI is InChI=1S/C16H25NO2/c1-11(2)15-10-14(7-8-17(5)13(4)18)12(3)9-16(15)19-6/h9-11H,7-8H2,1-6H3. The summed E-state index contributed by atoms with van der Waals surface area (Å²) in [5.74, 6) is 1.49. The number of hydrogen-bond acceptors (Lipinski definition) is 2. The molecule has 1 aromatic carbocycles. The molecule has 0 aromatic heterocycles. The van der Waals surface area contributed by atoms with Gasteiger partial charge in [0.25, 0.3) is 0 Å². The second kappa shape index (κ2) is 6.60. The number of methoxy groups -OCH3 is 1. The van der Waals surface area contributed by atoms with Crippen LogP contribution in [0.25, 0.3) is 0 Å². The number of benzene rings is 1. The van der Waals surface area contributed by atoms with Gasteiger partial charge in [-0.15, -0.1) is 0 Å². The highest BCUT2D eigenvalue weighted by Crippen LogP contribution is 2.29. The van der Waals surface area contributed by atoms with Gasteiger partial charge in [0.15, 0.2) is 0 Å². The molecule has 0 radical (unpaired) electrons. The number of carbonyl (C=O) groups is 1. The summed E-state index contributed by atoms with van der Waals surface area (Å²) in [6.45, 7) is 8.77. The first-order valence-corrected chi connectivity index (χ1v) is 6.76. The fourth-order valence-corrected chi connectivity index (χ4v) is 2.09. The summed E-state index contributed by atoms with van der Waals surface area (Å²) in [6.07, 6.45) is 0.881. The fraction of sp³-hybridized carbons (Fsp3) is 0.562. The lowest BCUT2D eigenvalue weighted by atomic mass is 9.95. The molecular weight excluding hydrogens is 238 g/mol. The molecule has 3 heteroatoms. The van der Waals surface area contributed by atoms with Crippen molar-refractivity contribution in [2.45, 2.75) is 40.0 Å². The van der Waals surface area contributed by atoms with Crippen LogP contribution in [0.15, 0.2) is 12.1 Å². The average molecular weight is 263 g/mol. The average Bonchev–Trinajstić information content (AvgIpc) is 2.35. The van der Waals surface area contributed by atoms with Crippen molar-refractivity contribution >= 4 is 5.91 Å². The van der Waals surface area contributed by atoms with E-state index >= 15 is 0 Å². The van der Waals surface area contributed by atoms with Crippen LogP contribution in [-0.2, 0) is 11.2 Å². The predicted octanol–water partition coefficient (Wildman–Crippen LogP) is 3.15. The van der Waals surface area contributed by atoms with Crippen LogP contribution in [0.1, 0.15) is 43.4 Å². The van der Waals surface area contributed by atoms with E-state index < -0.39 is 0 Å². The van der Waals surface area contributed by atoms with E-state index in [1.54, 1.807) is 18.9 Å². The first-order chi connectivity index (χ1) is 8.86. The van der Waals surface area contributed by atoms with Gasteiger partial charge in [-0.3, -0.25) is 4.79 Å². The second-order valence-electron chi connectivity index (χ2n) is 5.37. The van der Waals surface area contributed by atoms with Crippen LogP contribution in [0.2, 0.25) is 0 Å². The zero-order valence-corrected chi connectivity index (χ0v) is 12.9. The van der Waals surface area contributed by atoms with Gasteiger partial charge >= 0.3 is 0 Å². The molecule has 0 saturated heterocycles. The SMILES string of the molecule is COc1cc(C)c(CCN(C)C(C)=O)cc1C(C)C. The first-order valence-electron chi connectivity index (χ1n) is 6.76. The lowest BCUT2D eigenvalue weighted by Gasteiger charge is -2.18. The van der Waals surface area contributed by atoms with Crippen LogP contribution < -0.4 is 4.74 Å². The van der Waals surface area contributed by atoms with E-state index in [4.69, 9.17) is 4.74 Å². The van der Waals surface area contributed by atoms with Gasteiger partial charge in [-0.25, -0.2) is 0 Å². The molecule has 0 atom stereocenters. The highest BCUT2D eigenvalue weighted by atomic mass is 16.5. The fourth-order valence-electron chi connectivity index (χ4n) is 2.09. The molecular formula is C16H25NO2. The molecule has 0 N–H and O–H groups in total. The highest BCUT2D eigenvalue weighted by molar-refractivity contribution is 5.72. The normalized spacial score (nSPS) is 10.7. The Morgan fingerprint density at radius 1 is 1.37 bits per heavy atom. The summed E-state index contributed by atoms with van der Waals surface area (Å²) in [5, 5.41) is 0. The van der Waals surface area contributed by atoms with Gasteiger partial charge in [-0.05, 0) is 42.0 Å². The molecule has 0 aliphatic rings. The number of likely N-dealkylation sites (N-methyl/N-ethyl adjacent to an activating group) is 1. The Morgan fingerprint density at radius 3 is 2.47 bits per heavy atom. The minimum absolute atomic E-state index is 0.107. The van der Waals surface area contributed by atoms with Crippen molar-refractivity contribution in [3.05, 3.63) is 28.8 Å². The van der Waals surface area contributed by atoms with Crippen LogP contribution in [0.4, 0.5) is 0 Å². The molecule has 1 rings (SSSR count). The second-order valence-corrected chi connectivity index (χ2v) is 5.37. The van der Waals surface area contributed by atoms with Gasteiger partial charge in [0.05, 0.1) is 7.11 Å². The van der Waals surface area contributed by atoms with Gasteiger partial charge in [-0.1, -0.05) is 19.9 Å². The summed E-state index contributed by atoms with van der Waals surface area (Å²) >= 11 is 0. The van der Waals surface area contributed by atoms with Crippen LogP contribution in [-0.4, -0.2) is 31.5 Å². The van der Waals surface area contributed by atoms with E-state index in [2.05, 4.69) is 32.9 Å². The molecule has 3 nitrogen and oxygen atoms in total. The molecule has 0 spiro atoms. The molecule has 0 heterocycles. The third kappa shape index (κ3) is 3.98. The highest BCUT2D eigenvalue weighted by Gasteiger charge is 2.12. The number of hydrogen-bond donors (Lipinski definition) is 0. The number of carbonyl (C=O) groups excluding carboxylic acids is 1. The summed E-state index contributed by atoms with van der Waals surface area (Å²) in [4.78, 5) is 13.0. The zero-order chi connectivity index (χ0) is 14.6. The van der Waals surface area contributed by atoms with Crippen molar-refractivity contribution < 1.29 is 9.53 Å². The van der Waals surface area contributed by atoms with Gasteiger partial charge in [0, 0.05) is 20.5 Å².